The molecule has 5 rings (SSSR count). The minimum absolute atomic E-state index is 0.0469. The van der Waals surface area contributed by atoms with Crippen molar-refractivity contribution in [2.45, 2.75) is 37.8 Å². The number of rotatable bonds is 5. The Hall–Kier alpha value is -3.18. The highest BCUT2D eigenvalue weighted by molar-refractivity contribution is 5.96. The molecule has 0 unspecified atom stereocenters. The fourth-order valence-electron chi connectivity index (χ4n) is 4.69. The molecule has 152 valence electrons. The third kappa shape index (κ3) is 3.81. The lowest BCUT2D eigenvalue weighted by atomic mass is 10.1. The molecule has 5 heteroatoms. The molecule has 1 saturated heterocycles. The van der Waals surface area contributed by atoms with Gasteiger partial charge in [0.05, 0.1) is 17.9 Å². The summed E-state index contributed by atoms with van der Waals surface area (Å²) in [4.78, 5) is 19.7. The van der Waals surface area contributed by atoms with E-state index in [-0.39, 0.29) is 11.9 Å². The predicted octanol–water partition coefficient (Wildman–Crippen LogP) is 4.44. The minimum Gasteiger partial charge on any atom is -0.454 e. The molecule has 2 aliphatic rings. The fourth-order valence-corrected chi connectivity index (χ4v) is 4.69. The zero-order chi connectivity index (χ0) is 20.3. The lowest BCUT2D eigenvalue weighted by Gasteiger charge is -2.29. The number of nitrogens with zero attached hydrogens (tertiary/aromatic N) is 2. The van der Waals surface area contributed by atoms with E-state index in [0.717, 1.165) is 32.2 Å². The number of benzene rings is 2. The van der Waals surface area contributed by atoms with E-state index < -0.39 is 0 Å². The van der Waals surface area contributed by atoms with Crippen LogP contribution in [0.4, 0.5) is 5.69 Å². The van der Waals surface area contributed by atoms with Crippen LogP contribution in [0.1, 0.15) is 24.0 Å². The van der Waals surface area contributed by atoms with E-state index in [1.807, 2.05) is 36.4 Å². The minimum atomic E-state index is -0.101. The van der Waals surface area contributed by atoms with Crippen molar-refractivity contribution in [1.82, 2.24) is 9.88 Å². The van der Waals surface area contributed by atoms with Crippen LogP contribution in [0.5, 0.6) is 11.5 Å². The Morgan fingerprint density at radius 3 is 2.53 bits per heavy atom. The zero-order valence-electron chi connectivity index (χ0n) is 16.8. The Morgan fingerprint density at radius 1 is 1.00 bits per heavy atom. The van der Waals surface area contributed by atoms with E-state index in [2.05, 4.69) is 39.5 Å². The first-order valence-electron chi connectivity index (χ1n) is 10.6. The highest BCUT2D eigenvalue weighted by Gasteiger charge is 2.38. The summed E-state index contributed by atoms with van der Waals surface area (Å²) in [5, 5.41) is 3.12. The van der Waals surface area contributed by atoms with Crippen molar-refractivity contribution in [1.29, 1.82) is 0 Å². The molecule has 2 heterocycles. The van der Waals surface area contributed by atoms with Crippen molar-refractivity contribution in [2.24, 2.45) is 0 Å². The van der Waals surface area contributed by atoms with Crippen molar-refractivity contribution in [3.8, 4) is 11.5 Å². The Kier molecular flexibility index (Phi) is 5.20. The van der Waals surface area contributed by atoms with Crippen LogP contribution in [-0.2, 0) is 17.6 Å². The highest BCUT2D eigenvalue weighted by atomic mass is 16.5. The van der Waals surface area contributed by atoms with Gasteiger partial charge >= 0.3 is 0 Å². The predicted molar refractivity (Wildman–Crippen MR) is 117 cm³/mol. The first-order chi connectivity index (χ1) is 14.8. The molecule has 1 fully saturated rings. The number of likely N-dealkylation sites (tertiary alicyclic amines) is 1. The monoisotopic (exact) mass is 399 g/mol. The SMILES string of the molecule is O=C(Nc1ccccc1Oc1cccnc1)[C@H]1CCCN1C1Cc2ccccc2C1. The van der Waals surface area contributed by atoms with E-state index in [1.54, 1.807) is 12.4 Å². The van der Waals surface area contributed by atoms with Gasteiger partial charge in [-0.05, 0) is 67.6 Å². The number of carbonyl (C=O) groups excluding carboxylic acids is 1. The molecule has 0 spiro atoms. The lowest BCUT2D eigenvalue weighted by Crippen LogP contribution is -2.45. The first-order valence-corrected chi connectivity index (χ1v) is 10.6. The van der Waals surface area contributed by atoms with Crippen LogP contribution in [-0.4, -0.2) is 34.4 Å². The maximum absolute atomic E-state index is 13.2. The Balaban J connectivity index is 1.30. The average Bonchev–Trinajstić information content (AvgIpc) is 3.43. The second kappa shape index (κ2) is 8.28. The number of hydrogen-bond acceptors (Lipinski definition) is 4. The number of pyridine rings is 1. The molecule has 3 aromatic rings. The number of anilines is 1. The topological polar surface area (TPSA) is 54.5 Å². The largest absolute Gasteiger partial charge is 0.454 e. The van der Waals surface area contributed by atoms with Crippen LogP contribution in [0, 0.1) is 0 Å². The number of carbonyl (C=O) groups is 1. The first kappa shape index (κ1) is 18.8. The van der Waals surface area contributed by atoms with E-state index in [4.69, 9.17) is 4.74 Å². The molecule has 1 atom stereocenters. The second-order valence-corrected chi connectivity index (χ2v) is 8.00. The molecule has 2 aromatic carbocycles. The van der Waals surface area contributed by atoms with Crippen molar-refractivity contribution in [3.05, 3.63) is 84.2 Å². The molecule has 0 saturated carbocycles. The summed E-state index contributed by atoms with van der Waals surface area (Å²) >= 11 is 0. The molecule has 1 aromatic heterocycles. The molecule has 0 bridgehead atoms. The third-order valence-electron chi connectivity index (χ3n) is 6.10. The van der Waals surface area contributed by atoms with Gasteiger partial charge in [-0.2, -0.15) is 0 Å². The van der Waals surface area contributed by atoms with E-state index in [0.29, 0.717) is 23.2 Å². The van der Waals surface area contributed by atoms with Gasteiger partial charge in [-0.3, -0.25) is 14.7 Å². The van der Waals surface area contributed by atoms with Crippen LogP contribution in [0.3, 0.4) is 0 Å². The third-order valence-corrected chi connectivity index (χ3v) is 6.10. The van der Waals surface area contributed by atoms with Gasteiger partial charge in [0.25, 0.3) is 0 Å². The summed E-state index contributed by atoms with van der Waals surface area (Å²) in [6, 6.07) is 20.2. The van der Waals surface area contributed by atoms with Crippen molar-refractivity contribution >= 4 is 11.6 Å². The van der Waals surface area contributed by atoms with Crippen LogP contribution < -0.4 is 10.1 Å². The van der Waals surface area contributed by atoms with Gasteiger partial charge in [0, 0.05) is 12.2 Å². The van der Waals surface area contributed by atoms with Crippen LogP contribution in [0.15, 0.2) is 73.1 Å². The number of fused-ring (bicyclic) bond motifs is 1. The van der Waals surface area contributed by atoms with Gasteiger partial charge < -0.3 is 10.1 Å². The zero-order valence-corrected chi connectivity index (χ0v) is 16.8. The van der Waals surface area contributed by atoms with Crippen LogP contribution >= 0.6 is 0 Å². The van der Waals surface area contributed by atoms with Gasteiger partial charge in [-0.1, -0.05) is 36.4 Å². The number of nitrogens with one attached hydrogen (secondary N) is 1. The van der Waals surface area contributed by atoms with E-state index >= 15 is 0 Å². The molecule has 1 amide bonds. The quantitative estimate of drug-likeness (QED) is 0.689. The summed E-state index contributed by atoms with van der Waals surface area (Å²) in [5.41, 5.74) is 3.53. The molecule has 1 N–H and O–H groups in total. The Bertz CT molecular complexity index is 1010. The maximum atomic E-state index is 13.2. The standard InChI is InChI=1S/C25H25N3O2/c29-25(27-22-10-3-4-12-24(22)30-21-9-5-13-26-17-21)23-11-6-14-28(23)20-15-18-7-1-2-8-19(18)16-20/h1-5,7-10,12-13,17,20,23H,6,11,14-16H2,(H,27,29)/t23-/m1/s1. The maximum Gasteiger partial charge on any atom is 0.241 e. The fraction of sp³-hybridized carbons (Fsp3) is 0.280. The summed E-state index contributed by atoms with van der Waals surface area (Å²) < 4.78 is 5.95. The Morgan fingerprint density at radius 2 is 1.77 bits per heavy atom. The lowest BCUT2D eigenvalue weighted by molar-refractivity contribution is -0.121. The van der Waals surface area contributed by atoms with Gasteiger partial charge in [0.1, 0.15) is 5.75 Å². The number of amides is 1. The summed E-state index contributed by atoms with van der Waals surface area (Å²) in [5.74, 6) is 1.31. The summed E-state index contributed by atoms with van der Waals surface area (Å²) in [6.07, 6.45) is 7.37. The van der Waals surface area contributed by atoms with E-state index in [9.17, 15) is 4.79 Å². The van der Waals surface area contributed by atoms with Gasteiger partial charge in [-0.25, -0.2) is 0 Å². The average molecular weight is 399 g/mol. The van der Waals surface area contributed by atoms with Gasteiger partial charge in [0.15, 0.2) is 5.75 Å². The molecule has 5 nitrogen and oxygen atoms in total. The van der Waals surface area contributed by atoms with Crippen molar-refractivity contribution < 1.29 is 9.53 Å². The molecule has 0 radical (unpaired) electrons. The molecular formula is C25H25N3O2. The van der Waals surface area contributed by atoms with Crippen molar-refractivity contribution in [3.63, 3.8) is 0 Å². The number of ether oxygens (including phenoxy) is 1. The number of hydrogen-bond donors (Lipinski definition) is 1. The Labute approximate surface area is 176 Å². The van der Waals surface area contributed by atoms with Crippen LogP contribution in [0.25, 0.3) is 0 Å². The summed E-state index contributed by atoms with van der Waals surface area (Å²) in [6.45, 7) is 0.977. The highest BCUT2D eigenvalue weighted by Crippen LogP contribution is 2.33. The normalized spacial score (nSPS) is 18.9. The van der Waals surface area contributed by atoms with Gasteiger partial charge in [-0.15, -0.1) is 0 Å². The van der Waals surface area contributed by atoms with Crippen molar-refractivity contribution in [2.75, 3.05) is 11.9 Å². The van der Waals surface area contributed by atoms with Crippen LogP contribution in [0.2, 0.25) is 0 Å². The molecule has 1 aliphatic heterocycles. The number of para-hydroxylation sites is 2. The number of aromatic nitrogens is 1. The van der Waals surface area contributed by atoms with E-state index in [1.165, 1.54) is 11.1 Å². The molecular weight excluding hydrogens is 374 g/mol. The molecule has 1 aliphatic carbocycles. The summed E-state index contributed by atoms with van der Waals surface area (Å²) in [7, 11) is 0. The second-order valence-electron chi connectivity index (χ2n) is 8.00. The smallest absolute Gasteiger partial charge is 0.241 e. The molecule has 30 heavy (non-hydrogen) atoms. The van der Waals surface area contributed by atoms with Gasteiger partial charge in [0.2, 0.25) is 5.91 Å².